The minimum Gasteiger partial charge on any atom is -0.325 e. The van der Waals surface area contributed by atoms with Gasteiger partial charge < -0.3 is 5.32 Å². The average Bonchev–Trinajstić information content (AvgIpc) is 2.66. The summed E-state index contributed by atoms with van der Waals surface area (Å²) < 4.78 is 1.11. The maximum absolute atomic E-state index is 12.4. The van der Waals surface area contributed by atoms with Gasteiger partial charge in [0.2, 0.25) is 0 Å². The van der Waals surface area contributed by atoms with Crippen molar-refractivity contribution >= 4 is 27.4 Å². The number of fused-ring (bicyclic) bond motifs is 4. The number of carbonyl (C=O) groups excluding carboxylic acids is 1. The lowest BCUT2D eigenvalue weighted by Gasteiger charge is -2.29. The maximum Gasteiger partial charge on any atom is 0.255 e. The van der Waals surface area contributed by atoms with Crippen molar-refractivity contribution in [1.82, 2.24) is 5.32 Å². The normalized spacial score (nSPS) is 19.7. The number of hydrogen-bond acceptors (Lipinski definition) is 1. The van der Waals surface area contributed by atoms with Gasteiger partial charge in [-0.15, -0.1) is 0 Å². The molecule has 110 valence electrons. The van der Waals surface area contributed by atoms with Crippen molar-refractivity contribution in [3.8, 4) is 0 Å². The second-order valence-electron chi connectivity index (χ2n) is 5.97. The summed E-state index contributed by atoms with van der Waals surface area (Å²) >= 11 is 3.56. The molecule has 0 aromatic heterocycles. The van der Waals surface area contributed by atoms with E-state index in [-0.39, 0.29) is 11.8 Å². The zero-order valence-electron chi connectivity index (χ0n) is 12.3. The standard InChI is InChI=1S/C19H16BrNO/c1-11-14-9-7-13(20)10-12(14)6-8-16-15-4-2-3-5-17(15)19(22)21-18(11)16/h2-5,7,9-10,16H,6,8H2,1H3,(H,21,22). The lowest BCUT2D eigenvalue weighted by atomic mass is 9.84. The first kappa shape index (κ1) is 13.8. The van der Waals surface area contributed by atoms with Gasteiger partial charge in [-0.05, 0) is 60.2 Å². The van der Waals surface area contributed by atoms with Crippen LogP contribution in [0.4, 0.5) is 0 Å². The van der Waals surface area contributed by atoms with Crippen molar-refractivity contribution in [3.05, 3.63) is 74.9 Å². The molecular weight excluding hydrogens is 338 g/mol. The molecule has 2 nitrogen and oxygen atoms in total. The molecule has 0 spiro atoms. The van der Waals surface area contributed by atoms with Crippen molar-refractivity contribution in [1.29, 1.82) is 0 Å². The smallest absolute Gasteiger partial charge is 0.255 e. The Morgan fingerprint density at radius 3 is 2.82 bits per heavy atom. The van der Waals surface area contributed by atoms with Crippen LogP contribution in [0.1, 0.15) is 46.3 Å². The molecule has 0 saturated carbocycles. The highest BCUT2D eigenvalue weighted by atomic mass is 79.9. The van der Waals surface area contributed by atoms with E-state index in [1.165, 1.54) is 16.7 Å². The number of carbonyl (C=O) groups is 1. The highest BCUT2D eigenvalue weighted by Crippen LogP contribution is 2.41. The number of halogens is 1. The van der Waals surface area contributed by atoms with E-state index in [9.17, 15) is 4.79 Å². The molecule has 0 radical (unpaired) electrons. The number of aryl methyl sites for hydroxylation is 1. The molecule has 3 heteroatoms. The van der Waals surface area contributed by atoms with Crippen molar-refractivity contribution in [2.24, 2.45) is 0 Å². The monoisotopic (exact) mass is 353 g/mol. The number of hydrogen-bond donors (Lipinski definition) is 1. The molecule has 1 atom stereocenters. The van der Waals surface area contributed by atoms with Gasteiger partial charge in [0, 0.05) is 21.7 Å². The minimum atomic E-state index is 0.0155. The zero-order chi connectivity index (χ0) is 15.3. The molecule has 1 aliphatic heterocycles. The Morgan fingerprint density at radius 2 is 1.95 bits per heavy atom. The summed E-state index contributed by atoms with van der Waals surface area (Å²) in [6.07, 6.45) is 2.04. The molecule has 1 aliphatic carbocycles. The Hall–Kier alpha value is -1.87. The summed E-state index contributed by atoms with van der Waals surface area (Å²) in [5.74, 6) is 0.293. The van der Waals surface area contributed by atoms with Gasteiger partial charge >= 0.3 is 0 Å². The van der Waals surface area contributed by atoms with Crippen LogP contribution in [0.3, 0.4) is 0 Å². The first-order valence-corrected chi connectivity index (χ1v) is 8.34. The predicted molar refractivity (Wildman–Crippen MR) is 91.7 cm³/mol. The topological polar surface area (TPSA) is 29.1 Å². The van der Waals surface area contributed by atoms with Crippen LogP contribution in [-0.4, -0.2) is 5.91 Å². The highest BCUT2D eigenvalue weighted by Gasteiger charge is 2.32. The number of allylic oxidation sites excluding steroid dienone is 2. The molecule has 1 unspecified atom stereocenters. The van der Waals surface area contributed by atoms with E-state index >= 15 is 0 Å². The van der Waals surface area contributed by atoms with E-state index in [0.29, 0.717) is 0 Å². The van der Waals surface area contributed by atoms with Crippen molar-refractivity contribution in [2.75, 3.05) is 0 Å². The Labute approximate surface area is 138 Å². The third kappa shape index (κ3) is 2.03. The Morgan fingerprint density at radius 1 is 1.14 bits per heavy atom. The van der Waals surface area contributed by atoms with Crippen LogP contribution >= 0.6 is 15.9 Å². The fourth-order valence-electron chi connectivity index (χ4n) is 3.67. The van der Waals surface area contributed by atoms with Crippen LogP contribution < -0.4 is 5.32 Å². The van der Waals surface area contributed by atoms with Crippen LogP contribution in [0.25, 0.3) is 5.57 Å². The highest BCUT2D eigenvalue weighted by molar-refractivity contribution is 9.10. The fourth-order valence-corrected chi connectivity index (χ4v) is 4.08. The molecule has 2 aliphatic rings. The van der Waals surface area contributed by atoms with Crippen LogP contribution in [0.2, 0.25) is 0 Å². The molecule has 0 bridgehead atoms. The van der Waals surface area contributed by atoms with Gasteiger partial charge in [0.25, 0.3) is 5.91 Å². The summed E-state index contributed by atoms with van der Waals surface area (Å²) in [5, 5.41) is 3.15. The van der Waals surface area contributed by atoms with E-state index in [2.05, 4.69) is 52.4 Å². The second kappa shape index (κ2) is 5.10. The van der Waals surface area contributed by atoms with E-state index < -0.39 is 0 Å². The van der Waals surface area contributed by atoms with E-state index in [0.717, 1.165) is 34.1 Å². The Balaban J connectivity index is 1.92. The van der Waals surface area contributed by atoms with Crippen molar-refractivity contribution < 1.29 is 4.79 Å². The quantitative estimate of drug-likeness (QED) is 0.733. The van der Waals surface area contributed by atoms with Gasteiger partial charge in [-0.2, -0.15) is 0 Å². The summed E-state index contributed by atoms with van der Waals surface area (Å²) in [6.45, 7) is 2.12. The molecule has 2 aromatic carbocycles. The van der Waals surface area contributed by atoms with Crippen molar-refractivity contribution in [2.45, 2.75) is 25.7 Å². The van der Waals surface area contributed by atoms with Gasteiger partial charge in [-0.3, -0.25) is 4.79 Å². The molecule has 4 rings (SSSR count). The summed E-state index contributed by atoms with van der Waals surface area (Å²) in [4.78, 5) is 12.4. The van der Waals surface area contributed by atoms with Crippen molar-refractivity contribution in [3.63, 3.8) is 0 Å². The van der Waals surface area contributed by atoms with Crippen LogP contribution in [0, 0.1) is 0 Å². The van der Waals surface area contributed by atoms with Crippen LogP contribution in [0.15, 0.2) is 52.6 Å². The average molecular weight is 354 g/mol. The lowest BCUT2D eigenvalue weighted by molar-refractivity contribution is 0.0955. The Bertz CT molecular complexity index is 822. The summed E-state index contributed by atoms with van der Waals surface area (Å²) in [7, 11) is 0. The first-order chi connectivity index (χ1) is 10.6. The largest absolute Gasteiger partial charge is 0.325 e. The molecule has 0 fully saturated rings. The SMILES string of the molecule is CC1=C2NC(=O)c3ccccc3C2CCc2cc(Br)ccc21. The number of benzene rings is 2. The van der Waals surface area contributed by atoms with Gasteiger partial charge in [0.15, 0.2) is 0 Å². The summed E-state index contributed by atoms with van der Waals surface area (Å²) in [6, 6.07) is 14.4. The van der Waals surface area contributed by atoms with Gasteiger partial charge in [-0.25, -0.2) is 0 Å². The third-order valence-corrected chi connectivity index (χ3v) is 5.25. The Kier molecular flexibility index (Phi) is 3.19. The second-order valence-corrected chi connectivity index (χ2v) is 6.89. The molecule has 22 heavy (non-hydrogen) atoms. The number of amides is 1. The third-order valence-electron chi connectivity index (χ3n) is 4.76. The molecule has 1 N–H and O–H groups in total. The lowest BCUT2D eigenvalue weighted by Crippen LogP contribution is -2.33. The number of rotatable bonds is 0. The molecule has 1 amide bonds. The minimum absolute atomic E-state index is 0.0155. The van der Waals surface area contributed by atoms with Crippen LogP contribution in [-0.2, 0) is 6.42 Å². The van der Waals surface area contributed by atoms with E-state index in [4.69, 9.17) is 0 Å². The summed E-state index contributed by atoms with van der Waals surface area (Å²) in [5.41, 5.74) is 6.84. The molecule has 2 aromatic rings. The van der Waals surface area contributed by atoms with Gasteiger partial charge in [-0.1, -0.05) is 40.2 Å². The zero-order valence-corrected chi connectivity index (χ0v) is 13.9. The van der Waals surface area contributed by atoms with Gasteiger partial charge in [0.05, 0.1) is 0 Å². The van der Waals surface area contributed by atoms with E-state index in [1.54, 1.807) is 0 Å². The van der Waals surface area contributed by atoms with Crippen LogP contribution in [0.5, 0.6) is 0 Å². The molecule has 1 heterocycles. The first-order valence-electron chi connectivity index (χ1n) is 7.55. The number of nitrogens with one attached hydrogen (secondary N) is 1. The van der Waals surface area contributed by atoms with Gasteiger partial charge in [0.1, 0.15) is 0 Å². The maximum atomic E-state index is 12.4. The fraction of sp³-hybridized carbons (Fsp3) is 0.211. The molecular formula is C19H16BrNO. The van der Waals surface area contributed by atoms with E-state index in [1.807, 2.05) is 18.2 Å². The predicted octanol–water partition coefficient (Wildman–Crippen LogP) is 4.65. The molecule has 0 saturated heterocycles.